The van der Waals surface area contributed by atoms with E-state index >= 15 is 0 Å². The standard InChI is InChI=1S/C10H15N3O.ClH/c1-8(11)10(14)13(2)7-9-5-3-4-6-12-9;/h3-6,8H,7,11H2,1-2H3;1H/t8-;/m1./s1. The zero-order chi connectivity index (χ0) is 10.6. The van der Waals surface area contributed by atoms with Gasteiger partial charge >= 0.3 is 0 Å². The van der Waals surface area contributed by atoms with Crippen LogP contribution in [-0.2, 0) is 11.3 Å². The maximum absolute atomic E-state index is 11.4. The molecule has 1 aromatic heterocycles. The summed E-state index contributed by atoms with van der Waals surface area (Å²) in [6.07, 6.45) is 1.71. The Labute approximate surface area is 95.9 Å². The third-order valence-electron chi connectivity index (χ3n) is 1.89. The Morgan fingerprint density at radius 2 is 2.27 bits per heavy atom. The van der Waals surface area contributed by atoms with Crippen LogP contribution in [0.25, 0.3) is 0 Å². The summed E-state index contributed by atoms with van der Waals surface area (Å²) in [4.78, 5) is 17.1. The van der Waals surface area contributed by atoms with Crippen LogP contribution in [0, 0.1) is 0 Å². The van der Waals surface area contributed by atoms with Gasteiger partial charge in [-0.25, -0.2) is 0 Å². The van der Waals surface area contributed by atoms with Gasteiger partial charge in [0, 0.05) is 13.2 Å². The molecule has 0 aliphatic carbocycles. The van der Waals surface area contributed by atoms with Crippen molar-refractivity contribution in [3.05, 3.63) is 30.1 Å². The molecule has 0 radical (unpaired) electrons. The summed E-state index contributed by atoms with van der Waals surface area (Å²) in [5.74, 6) is -0.0735. The average molecular weight is 230 g/mol. The number of nitrogens with two attached hydrogens (primary N) is 1. The Bertz CT molecular complexity index is 303. The fraction of sp³-hybridized carbons (Fsp3) is 0.400. The molecular weight excluding hydrogens is 214 g/mol. The predicted molar refractivity (Wildman–Crippen MR) is 61.6 cm³/mol. The minimum atomic E-state index is -0.455. The highest BCUT2D eigenvalue weighted by atomic mass is 35.5. The molecule has 15 heavy (non-hydrogen) atoms. The summed E-state index contributed by atoms with van der Waals surface area (Å²) in [5, 5.41) is 0. The average Bonchev–Trinajstić information content (AvgIpc) is 2.18. The van der Waals surface area contributed by atoms with Gasteiger partial charge in [0.15, 0.2) is 0 Å². The van der Waals surface area contributed by atoms with E-state index in [1.54, 1.807) is 25.1 Å². The number of hydrogen-bond acceptors (Lipinski definition) is 3. The molecule has 0 aliphatic heterocycles. The van der Waals surface area contributed by atoms with Crippen molar-refractivity contribution in [3.63, 3.8) is 0 Å². The first-order chi connectivity index (χ1) is 6.61. The molecule has 0 saturated heterocycles. The molecule has 0 fully saturated rings. The number of halogens is 1. The van der Waals surface area contributed by atoms with Crippen LogP contribution in [0.15, 0.2) is 24.4 Å². The summed E-state index contributed by atoms with van der Waals surface area (Å²) in [7, 11) is 1.72. The minimum absolute atomic E-state index is 0. The molecule has 4 nitrogen and oxygen atoms in total. The molecule has 1 atom stereocenters. The Morgan fingerprint density at radius 1 is 1.60 bits per heavy atom. The second kappa shape index (κ2) is 6.37. The number of rotatable bonds is 3. The number of amides is 1. The minimum Gasteiger partial charge on any atom is -0.339 e. The molecule has 1 rings (SSSR count). The van der Waals surface area contributed by atoms with E-state index in [9.17, 15) is 4.79 Å². The van der Waals surface area contributed by atoms with E-state index in [1.807, 2.05) is 18.2 Å². The van der Waals surface area contributed by atoms with Crippen LogP contribution in [0.4, 0.5) is 0 Å². The fourth-order valence-electron chi connectivity index (χ4n) is 1.16. The predicted octanol–water partition coefficient (Wildman–Crippen LogP) is 0.809. The number of likely N-dealkylation sites (N-methyl/N-ethyl adjacent to an activating group) is 1. The first-order valence-corrected chi connectivity index (χ1v) is 4.51. The smallest absolute Gasteiger partial charge is 0.239 e. The number of pyridine rings is 1. The van der Waals surface area contributed by atoms with Crippen LogP contribution < -0.4 is 5.73 Å². The normalized spacial score (nSPS) is 11.4. The summed E-state index contributed by atoms with van der Waals surface area (Å²) in [6, 6.07) is 5.16. The number of carbonyl (C=O) groups is 1. The zero-order valence-electron chi connectivity index (χ0n) is 8.88. The molecule has 5 heteroatoms. The summed E-state index contributed by atoms with van der Waals surface area (Å²) in [6.45, 7) is 2.18. The van der Waals surface area contributed by atoms with Gasteiger partial charge in [-0.1, -0.05) is 6.07 Å². The highest BCUT2D eigenvalue weighted by Crippen LogP contribution is 1.99. The monoisotopic (exact) mass is 229 g/mol. The largest absolute Gasteiger partial charge is 0.339 e. The number of carbonyl (C=O) groups excluding carboxylic acids is 1. The van der Waals surface area contributed by atoms with Gasteiger partial charge in [-0.2, -0.15) is 0 Å². The summed E-state index contributed by atoms with van der Waals surface area (Å²) >= 11 is 0. The molecule has 2 N–H and O–H groups in total. The Kier molecular flexibility index (Phi) is 5.89. The van der Waals surface area contributed by atoms with Crippen LogP contribution in [0.2, 0.25) is 0 Å². The van der Waals surface area contributed by atoms with Gasteiger partial charge in [0.25, 0.3) is 0 Å². The van der Waals surface area contributed by atoms with E-state index in [0.717, 1.165) is 5.69 Å². The van der Waals surface area contributed by atoms with Crippen molar-refractivity contribution in [1.82, 2.24) is 9.88 Å². The Morgan fingerprint density at radius 3 is 2.73 bits per heavy atom. The van der Waals surface area contributed by atoms with Gasteiger partial charge in [-0.3, -0.25) is 9.78 Å². The quantitative estimate of drug-likeness (QED) is 0.835. The fourth-order valence-corrected chi connectivity index (χ4v) is 1.16. The third-order valence-corrected chi connectivity index (χ3v) is 1.89. The maximum atomic E-state index is 11.4. The van der Waals surface area contributed by atoms with Crippen molar-refractivity contribution in [2.24, 2.45) is 5.73 Å². The SMILES string of the molecule is C[C@@H](N)C(=O)N(C)Cc1ccccn1.Cl. The maximum Gasteiger partial charge on any atom is 0.239 e. The molecular formula is C10H16ClN3O. The summed E-state index contributed by atoms with van der Waals surface area (Å²) < 4.78 is 0. The lowest BCUT2D eigenvalue weighted by atomic mass is 10.3. The third kappa shape index (κ3) is 4.27. The van der Waals surface area contributed by atoms with Crippen LogP contribution in [0.1, 0.15) is 12.6 Å². The first-order valence-electron chi connectivity index (χ1n) is 4.51. The number of aromatic nitrogens is 1. The molecule has 0 bridgehead atoms. The van der Waals surface area contributed by atoms with E-state index in [-0.39, 0.29) is 18.3 Å². The van der Waals surface area contributed by atoms with E-state index in [0.29, 0.717) is 6.54 Å². The van der Waals surface area contributed by atoms with Crippen molar-refractivity contribution in [2.45, 2.75) is 19.5 Å². The molecule has 0 unspecified atom stereocenters. The van der Waals surface area contributed by atoms with Gasteiger partial charge in [-0.15, -0.1) is 12.4 Å². The zero-order valence-corrected chi connectivity index (χ0v) is 9.70. The van der Waals surface area contributed by atoms with E-state index in [2.05, 4.69) is 4.98 Å². The lowest BCUT2D eigenvalue weighted by molar-refractivity contribution is -0.131. The second-order valence-corrected chi connectivity index (χ2v) is 3.30. The molecule has 1 aromatic rings. The van der Waals surface area contributed by atoms with E-state index in [1.165, 1.54) is 0 Å². The topological polar surface area (TPSA) is 59.2 Å². The van der Waals surface area contributed by atoms with Crippen LogP contribution in [0.3, 0.4) is 0 Å². The molecule has 0 spiro atoms. The molecule has 0 aliphatic rings. The molecule has 0 aromatic carbocycles. The molecule has 0 saturated carbocycles. The van der Waals surface area contributed by atoms with Crippen molar-refractivity contribution in [1.29, 1.82) is 0 Å². The highest BCUT2D eigenvalue weighted by molar-refractivity contribution is 5.85. The molecule has 1 amide bonds. The molecule has 84 valence electrons. The highest BCUT2D eigenvalue weighted by Gasteiger charge is 2.13. The van der Waals surface area contributed by atoms with E-state index in [4.69, 9.17) is 5.73 Å². The summed E-state index contributed by atoms with van der Waals surface area (Å²) in [5.41, 5.74) is 6.34. The first kappa shape index (κ1) is 13.9. The van der Waals surface area contributed by atoms with E-state index < -0.39 is 6.04 Å². The van der Waals surface area contributed by atoms with Gasteiger partial charge in [0.2, 0.25) is 5.91 Å². The Hall–Kier alpha value is -1.13. The van der Waals surface area contributed by atoms with Crippen LogP contribution in [0.5, 0.6) is 0 Å². The Balaban J connectivity index is 0.00000196. The lowest BCUT2D eigenvalue weighted by Gasteiger charge is -2.18. The lowest BCUT2D eigenvalue weighted by Crippen LogP contribution is -2.39. The van der Waals surface area contributed by atoms with Crippen molar-refractivity contribution < 1.29 is 4.79 Å². The van der Waals surface area contributed by atoms with Gasteiger partial charge in [0.1, 0.15) is 0 Å². The van der Waals surface area contributed by atoms with Gasteiger partial charge < -0.3 is 10.6 Å². The van der Waals surface area contributed by atoms with Crippen LogP contribution in [-0.4, -0.2) is 28.9 Å². The van der Waals surface area contributed by atoms with Crippen molar-refractivity contribution in [2.75, 3.05) is 7.05 Å². The number of nitrogens with zero attached hydrogens (tertiary/aromatic N) is 2. The van der Waals surface area contributed by atoms with Crippen molar-refractivity contribution in [3.8, 4) is 0 Å². The van der Waals surface area contributed by atoms with Gasteiger partial charge in [0.05, 0.1) is 18.3 Å². The molecule has 1 heterocycles. The van der Waals surface area contributed by atoms with Gasteiger partial charge in [-0.05, 0) is 19.1 Å². The second-order valence-electron chi connectivity index (χ2n) is 3.30. The van der Waals surface area contributed by atoms with Crippen LogP contribution >= 0.6 is 12.4 Å². The number of hydrogen-bond donors (Lipinski definition) is 1. The van der Waals surface area contributed by atoms with Crippen molar-refractivity contribution >= 4 is 18.3 Å².